The van der Waals surface area contributed by atoms with E-state index < -0.39 is 0 Å². The van der Waals surface area contributed by atoms with Gasteiger partial charge in [0.05, 0.1) is 6.54 Å². The van der Waals surface area contributed by atoms with Crippen molar-refractivity contribution in [2.24, 2.45) is 10.9 Å². The molecule has 1 aliphatic carbocycles. The molecule has 1 heterocycles. The number of rotatable bonds is 3. The summed E-state index contributed by atoms with van der Waals surface area (Å²) in [5, 5.41) is 3.38. The number of guanidine groups is 1. The maximum Gasteiger partial charge on any atom is 0.193 e. The maximum absolute atomic E-state index is 4.37. The minimum Gasteiger partial charge on any atom is -0.356 e. The summed E-state index contributed by atoms with van der Waals surface area (Å²) in [6.45, 7) is 3.14. The van der Waals surface area contributed by atoms with E-state index in [4.69, 9.17) is 0 Å². The molecule has 3 nitrogen and oxygen atoms in total. The third-order valence-corrected chi connectivity index (χ3v) is 2.59. The first-order valence-electron chi connectivity index (χ1n) is 4.86. The van der Waals surface area contributed by atoms with Gasteiger partial charge in [0.15, 0.2) is 5.96 Å². The molecule has 0 bridgehead atoms. The summed E-state index contributed by atoms with van der Waals surface area (Å²) in [5.41, 5.74) is 0. The van der Waals surface area contributed by atoms with Gasteiger partial charge in [0.2, 0.25) is 0 Å². The van der Waals surface area contributed by atoms with Gasteiger partial charge >= 0.3 is 0 Å². The lowest BCUT2D eigenvalue weighted by Gasteiger charge is -2.14. The van der Waals surface area contributed by atoms with Crippen molar-refractivity contribution in [2.75, 3.05) is 26.7 Å². The highest BCUT2D eigenvalue weighted by molar-refractivity contribution is 5.81. The van der Waals surface area contributed by atoms with E-state index in [-0.39, 0.29) is 0 Å². The van der Waals surface area contributed by atoms with Crippen molar-refractivity contribution in [3.8, 4) is 0 Å². The highest BCUT2D eigenvalue weighted by Gasteiger charge is 2.21. The summed E-state index contributed by atoms with van der Waals surface area (Å²) >= 11 is 0. The first-order valence-corrected chi connectivity index (χ1v) is 4.86. The minimum absolute atomic E-state index is 0.961. The minimum atomic E-state index is 0.961. The summed E-state index contributed by atoms with van der Waals surface area (Å²) in [7, 11) is 2.09. The van der Waals surface area contributed by atoms with Gasteiger partial charge in [-0.2, -0.15) is 0 Å². The molecule has 0 atom stereocenters. The van der Waals surface area contributed by atoms with E-state index >= 15 is 0 Å². The van der Waals surface area contributed by atoms with Crippen molar-refractivity contribution in [2.45, 2.75) is 19.3 Å². The SMILES string of the molecule is CN1CCN=C1NCCC1CC1. The van der Waals surface area contributed by atoms with E-state index in [0.717, 1.165) is 31.5 Å². The van der Waals surface area contributed by atoms with Gasteiger partial charge in [-0.25, -0.2) is 0 Å². The largest absolute Gasteiger partial charge is 0.356 e. The number of aliphatic imine (C=N–C) groups is 1. The van der Waals surface area contributed by atoms with Crippen LogP contribution in [0, 0.1) is 5.92 Å². The van der Waals surface area contributed by atoms with Gasteiger partial charge in [-0.15, -0.1) is 0 Å². The average molecular weight is 167 g/mol. The lowest BCUT2D eigenvalue weighted by Crippen LogP contribution is -2.36. The van der Waals surface area contributed by atoms with Crippen molar-refractivity contribution < 1.29 is 0 Å². The Kier molecular flexibility index (Phi) is 2.19. The molecule has 0 amide bonds. The van der Waals surface area contributed by atoms with Crippen LogP contribution in [0.15, 0.2) is 4.99 Å². The molecule has 1 saturated carbocycles. The fourth-order valence-corrected chi connectivity index (χ4v) is 1.52. The molecule has 1 fully saturated rings. The Morgan fingerprint density at radius 2 is 2.42 bits per heavy atom. The lowest BCUT2D eigenvalue weighted by atomic mass is 10.3. The molecule has 0 saturated heterocycles. The van der Waals surface area contributed by atoms with Crippen LogP contribution in [0.3, 0.4) is 0 Å². The zero-order chi connectivity index (χ0) is 8.39. The van der Waals surface area contributed by atoms with Crippen molar-refractivity contribution in [1.29, 1.82) is 0 Å². The second kappa shape index (κ2) is 3.33. The topological polar surface area (TPSA) is 27.6 Å². The van der Waals surface area contributed by atoms with E-state index in [0.29, 0.717) is 0 Å². The molecule has 0 aromatic rings. The van der Waals surface area contributed by atoms with Crippen molar-refractivity contribution in [3.05, 3.63) is 0 Å². The van der Waals surface area contributed by atoms with E-state index in [1.54, 1.807) is 0 Å². The summed E-state index contributed by atoms with van der Waals surface area (Å²) in [6.07, 6.45) is 4.22. The van der Waals surface area contributed by atoms with Crippen LogP contribution in [-0.4, -0.2) is 37.5 Å². The van der Waals surface area contributed by atoms with Crippen LogP contribution < -0.4 is 5.32 Å². The van der Waals surface area contributed by atoms with Crippen LogP contribution in [0.5, 0.6) is 0 Å². The molecule has 0 aromatic heterocycles. The number of nitrogens with one attached hydrogen (secondary N) is 1. The molecule has 1 N–H and O–H groups in total. The number of hydrogen-bond donors (Lipinski definition) is 1. The summed E-state index contributed by atoms with van der Waals surface area (Å²) in [5.74, 6) is 2.11. The van der Waals surface area contributed by atoms with E-state index in [1.165, 1.54) is 19.3 Å². The van der Waals surface area contributed by atoms with Gasteiger partial charge in [0.1, 0.15) is 0 Å². The molecule has 68 valence electrons. The normalized spacial score (nSPS) is 22.8. The molecule has 2 rings (SSSR count). The van der Waals surface area contributed by atoms with Crippen LogP contribution in [0.2, 0.25) is 0 Å². The fourth-order valence-electron chi connectivity index (χ4n) is 1.52. The second-order valence-corrected chi connectivity index (χ2v) is 3.79. The van der Waals surface area contributed by atoms with E-state index in [9.17, 15) is 0 Å². The van der Waals surface area contributed by atoms with E-state index in [1.807, 2.05) is 0 Å². The first kappa shape index (κ1) is 7.90. The third-order valence-electron chi connectivity index (χ3n) is 2.59. The van der Waals surface area contributed by atoms with Gasteiger partial charge in [0.25, 0.3) is 0 Å². The van der Waals surface area contributed by atoms with Gasteiger partial charge in [-0.3, -0.25) is 4.99 Å². The Hall–Kier alpha value is -0.730. The number of likely N-dealkylation sites (N-methyl/N-ethyl adjacent to an activating group) is 1. The Morgan fingerprint density at radius 1 is 1.58 bits per heavy atom. The van der Waals surface area contributed by atoms with E-state index in [2.05, 4.69) is 22.3 Å². The third kappa shape index (κ3) is 1.90. The lowest BCUT2D eigenvalue weighted by molar-refractivity contribution is 0.529. The molecular weight excluding hydrogens is 150 g/mol. The Morgan fingerprint density at radius 3 is 3.00 bits per heavy atom. The van der Waals surface area contributed by atoms with Gasteiger partial charge in [-0.05, 0) is 12.3 Å². The second-order valence-electron chi connectivity index (χ2n) is 3.79. The molecule has 0 radical (unpaired) electrons. The van der Waals surface area contributed by atoms with Crippen molar-refractivity contribution >= 4 is 5.96 Å². The van der Waals surface area contributed by atoms with Crippen molar-refractivity contribution in [3.63, 3.8) is 0 Å². The zero-order valence-corrected chi connectivity index (χ0v) is 7.71. The Labute approximate surface area is 73.9 Å². The number of hydrogen-bond acceptors (Lipinski definition) is 3. The molecular formula is C9H17N3. The van der Waals surface area contributed by atoms with Crippen LogP contribution in [0.25, 0.3) is 0 Å². The maximum atomic E-state index is 4.37. The Balaban J connectivity index is 1.64. The first-order chi connectivity index (χ1) is 5.86. The molecule has 3 heteroatoms. The predicted molar refractivity (Wildman–Crippen MR) is 50.3 cm³/mol. The van der Waals surface area contributed by atoms with Gasteiger partial charge in [0, 0.05) is 20.1 Å². The molecule has 0 spiro atoms. The summed E-state index contributed by atoms with van der Waals surface area (Å²) < 4.78 is 0. The van der Waals surface area contributed by atoms with Crippen LogP contribution in [0.1, 0.15) is 19.3 Å². The number of nitrogens with zero attached hydrogens (tertiary/aromatic N) is 2. The van der Waals surface area contributed by atoms with Crippen molar-refractivity contribution in [1.82, 2.24) is 10.2 Å². The molecule has 1 aliphatic heterocycles. The molecule has 2 aliphatic rings. The van der Waals surface area contributed by atoms with Gasteiger partial charge < -0.3 is 10.2 Å². The van der Waals surface area contributed by atoms with Crippen LogP contribution in [-0.2, 0) is 0 Å². The summed E-state index contributed by atoms with van der Waals surface area (Å²) in [6, 6.07) is 0. The monoisotopic (exact) mass is 167 g/mol. The van der Waals surface area contributed by atoms with Crippen LogP contribution in [0.4, 0.5) is 0 Å². The average Bonchev–Trinajstić information content (AvgIpc) is 2.78. The molecule has 0 aromatic carbocycles. The molecule has 0 unspecified atom stereocenters. The predicted octanol–water partition coefficient (Wildman–Crippen LogP) is 0.677. The highest BCUT2D eigenvalue weighted by Crippen LogP contribution is 2.31. The smallest absolute Gasteiger partial charge is 0.193 e. The zero-order valence-electron chi connectivity index (χ0n) is 7.71. The highest BCUT2D eigenvalue weighted by atomic mass is 15.3. The van der Waals surface area contributed by atoms with Gasteiger partial charge in [-0.1, -0.05) is 12.8 Å². The van der Waals surface area contributed by atoms with Crippen LogP contribution >= 0.6 is 0 Å². The molecule has 12 heavy (non-hydrogen) atoms. The quantitative estimate of drug-likeness (QED) is 0.669. The fraction of sp³-hybridized carbons (Fsp3) is 0.889. The standard InChI is InChI=1S/C9H17N3/c1-12-7-6-11-9(12)10-5-4-8-2-3-8/h8H,2-7H2,1H3,(H,10,11). The Bertz CT molecular complexity index is 184. The summed E-state index contributed by atoms with van der Waals surface area (Å²) in [4.78, 5) is 6.55.